The number of aromatic hydroxyl groups is 1. The summed E-state index contributed by atoms with van der Waals surface area (Å²) in [6.45, 7) is 0. The maximum atomic E-state index is 10.9. The number of phenolic OH excluding ortho intramolecular Hbond substituents is 1. The molecule has 15 heavy (non-hydrogen) atoms. The first-order valence-corrected chi connectivity index (χ1v) is 4.60. The number of carbonyl (C=O) groups is 1. The minimum absolute atomic E-state index is 0.0486. The quantitative estimate of drug-likeness (QED) is 0.782. The number of aromatic nitrogens is 1. The van der Waals surface area contributed by atoms with Gasteiger partial charge >= 0.3 is 5.97 Å². The summed E-state index contributed by atoms with van der Waals surface area (Å²) in [5.74, 6) is -1.16. The number of aryl methyl sites for hydroxylation is 1. The molecule has 0 atom stereocenters. The number of rotatable bonds is 1. The summed E-state index contributed by atoms with van der Waals surface area (Å²) in [6, 6.07) is 2.92. The van der Waals surface area contributed by atoms with Gasteiger partial charge in [0, 0.05) is 13.2 Å². The molecule has 1 heterocycles. The standard InChI is InChI=1S/C10H8ClNO3/c1-12-4-5(10(14)15)8-7(13)3-2-6(11)9(8)12/h2-4,13H,1H3,(H,14,15). The minimum atomic E-state index is -1.09. The first-order chi connectivity index (χ1) is 7.02. The molecule has 0 spiro atoms. The van der Waals surface area contributed by atoms with Crippen molar-refractivity contribution in [2.45, 2.75) is 0 Å². The monoisotopic (exact) mass is 225 g/mol. The zero-order valence-electron chi connectivity index (χ0n) is 7.86. The predicted octanol–water partition coefficient (Wildman–Crippen LogP) is 2.24. The Bertz CT molecular complexity index is 559. The molecule has 1 aromatic carbocycles. The predicted molar refractivity (Wildman–Crippen MR) is 56.6 cm³/mol. The molecule has 2 rings (SSSR count). The van der Waals surface area contributed by atoms with Crippen LogP contribution in [-0.2, 0) is 7.05 Å². The van der Waals surface area contributed by atoms with Crippen LogP contribution in [0.3, 0.4) is 0 Å². The van der Waals surface area contributed by atoms with E-state index in [1.54, 1.807) is 11.6 Å². The third-order valence-corrected chi connectivity index (χ3v) is 2.59. The average molecular weight is 226 g/mol. The van der Waals surface area contributed by atoms with Crippen molar-refractivity contribution in [1.29, 1.82) is 0 Å². The van der Waals surface area contributed by atoms with E-state index in [0.717, 1.165) is 0 Å². The van der Waals surface area contributed by atoms with E-state index in [1.807, 2.05) is 0 Å². The molecule has 0 aliphatic rings. The van der Waals surface area contributed by atoms with Gasteiger partial charge in [0.2, 0.25) is 0 Å². The number of carboxylic acids is 1. The Morgan fingerprint density at radius 3 is 2.73 bits per heavy atom. The Labute approximate surface area is 90.3 Å². The summed E-state index contributed by atoms with van der Waals surface area (Å²) in [5, 5.41) is 19.2. The number of hydrogen-bond donors (Lipinski definition) is 2. The molecule has 0 saturated carbocycles. The lowest BCUT2D eigenvalue weighted by Crippen LogP contribution is -1.94. The summed E-state index contributed by atoms with van der Waals surface area (Å²) >= 11 is 5.93. The first kappa shape index (κ1) is 9.86. The molecule has 0 aliphatic carbocycles. The lowest BCUT2D eigenvalue weighted by Gasteiger charge is -2.00. The molecule has 1 aromatic heterocycles. The van der Waals surface area contributed by atoms with Crippen molar-refractivity contribution < 1.29 is 15.0 Å². The van der Waals surface area contributed by atoms with Gasteiger partial charge in [0.1, 0.15) is 5.75 Å². The third-order valence-electron chi connectivity index (χ3n) is 2.28. The highest BCUT2D eigenvalue weighted by molar-refractivity contribution is 6.36. The zero-order valence-corrected chi connectivity index (χ0v) is 8.62. The van der Waals surface area contributed by atoms with Crippen LogP contribution in [0.25, 0.3) is 10.9 Å². The fourth-order valence-electron chi connectivity index (χ4n) is 1.65. The molecule has 0 fully saturated rings. The number of phenols is 1. The van der Waals surface area contributed by atoms with Crippen LogP contribution >= 0.6 is 11.6 Å². The van der Waals surface area contributed by atoms with Crippen LogP contribution in [0.5, 0.6) is 5.75 Å². The first-order valence-electron chi connectivity index (χ1n) is 4.22. The van der Waals surface area contributed by atoms with Gasteiger partial charge < -0.3 is 14.8 Å². The van der Waals surface area contributed by atoms with Crippen molar-refractivity contribution in [2.24, 2.45) is 7.05 Å². The van der Waals surface area contributed by atoms with Crippen LogP contribution in [0.4, 0.5) is 0 Å². The lowest BCUT2D eigenvalue weighted by atomic mass is 10.1. The molecule has 0 amide bonds. The minimum Gasteiger partial charge on any atom is -0.507 e. The van der Waals surface area contributed by atoms with E-state index >= 15 is 0 Å². The van der Waals surface area contributed by atoms with E-state index in [-0.39, 0.29) is 16.7 Å². The Kier molecular flexibility index (Phi) is 2.08. The van der Waals surface area contributed by atoms with Gasteiger partial charge in [0.05, 0.1) is 21.5 Å². The van der Waals surface area contributed by atoms with Crippen LogP contribution in [0.15, 0.2) is 18.3 Å². The fourth-order valence-corrected chi connectivity index (χ4v) is 1.94. The normalized spacial score (nSPS) is 10.8. The second-order valence-corrected chi connectivity index (χ2v) is 3.66. The number of aromatic carboxylic acids is 1. The van der Waals surface area contributed by atoms with Gasteiger partial charge in [-0.2, -0.15) is 0 Å². The van der Waals surface area contributed by atoms with E-state index in [1.165, 1.54) is 18.3 Å². The van der Waals surface area contributed by atoms with Gasteiger partial charge in [-0.05, 0) is 12.1 Å². The lowest BCUT2D eigenvalue weighted by molar-refractivity contribution is 0.0698. The Hall–Kier alpha value is -1.68. The largest absolute Gasteiger partial charge is 0.507 e. The molecule has 0 aliphatic heterocycles. The number of hydrogen-bond acceptors (Lipinski definition) is 2. The van der Waals surface area contributed by atoms with Crippen molar-refractivity contribution >= 4 is 28.5 Å². The van der Waals surface area contributed by atoms with Gasteiger partial charge in [-0.3, -0.25) is 0 Å². The smallest absolute Gasteiger partial charge is 0.338 e. The molecule has 2 aromatic rings. The van der Waals surface area contributed by atoms with E-state index in [0.29, 0.717) is 10.5 Å². The highest BCUT2D eigenvalue weighted by atomic mass is 35.5. The second-order valence-electron chi connectivity index (χ2n) is 3.25. The maximum absolute atomic E-state index is 10.9. The molecular formula is C10H8ClNO3. The molecule has 78 valence electrons. The third kappa shape index (κ3) is 1.34. The van der Waals surface area contributed by atoms with Gasteiger partial charge in [-0.25, -0.2) is 4.79 Å². The molecule has 0 bridgehead atoms. The number of benzene rings is 1. The van der Waals surface area contributed by atoms with E-state index in [2.05, 4.69) is 0 Å². The van der Waals surface area contributed by atoms with Crippen LogP contribution in [0, 0.1) is 0 Å². The summed E-state index contributed by atoms with van der Waals surface area (Å²) in [7, 11) is 1.68. The summed E-state index contributed by atoms with van der Waals surface area (Å²) in [6.07, 6.45) is 1.43. The van der Waals surface area contributed by atoms with Crippen LogP contribution in [0.2, 0.25) is 5.02 Å². The topological polar surface area (TPSA) is 62.5 Å². The second kappa shape index (κ2) is 3.17. The van der Waals surface area contributed by atoms with Crippen LogP contribution in [-0.4, -0.2) is 20.7 Å². The summed E-state index contributed by atoms with van der Waals surface area (Å²) in [4.78, 5) is 10.9. The average Bonchev–Trinajstić information content (AvgIpc) is 2.51. The number of fused-ring (bicyclic) bond motifs is 1. The van der Waals surface area contributed by atoms with Crippen molar-refractivity contribution in [1.82, 2.24) is 4.57 Å². The van der Waals surface area contributed by atoms with E-state index in [4.69, 9.17) is 16.7 Å². The number of carboxylic acid groups (broad SMARTS) is 1. The Balaban J connectivity index is 2.98. The number of halogens is 1. The molecule has 2 N–H and O–H groups in total. The number of nitrogens with zero attached hydrogens (tertiary/aromatic N) is 1. The highest BCUT2D eigenvalue weighted by Crippen LogP contribution is 2.34. The van der Waals surface area contributed by atoms with Crippen molar-refractivity contribution in [3.8, 4) is 5.75 Å². The molecule has 5 heteroatoms. The Morgan fingerprint density at radius 1 is 1.47 bits per heavy atom. The van der Waals surface area contributed by atoms with Gasteiger partial charge in [0.15, 0.2) is 0 Å². The summed E-state index contributed by atoms with van der Waals surface area (Å²) < 4.78 is 1.58. The fraction of sp³-hybridized carbons (Fsp3) is 0.100. The molecule has 0 unspecified atom stereocenters. The van der Waals surface area contributed by atoms with Crippen LogP contribution < -0.4 is 0 Å². The van der Waals surface area contributed by atoms with Gasteiger partial charge in [0.25, 0.3) is 0 Å². The molecule has 4 nitrogen and oxygen atoms in total. The highest BCUT2D eigenvalue weighted by Gasteiger charge is 2.17. The Morgan fingerprint density at radius 2 is 2.13 bits per heavy atom. The van der Waals surface area contributed by atoms with Crippen molar-refractivity contribution in [3.05, 3.63) is 28.9 Å². The summed E-state index contributed by atoms with van der Waals surface area (Å²) in [5.41, 5.74) is 0.571. The molecule has 0 radical (unpaired) electrons. The van der Waals surface area contributed by atoms with Crippen molar-refractivity contribution in [3.63, 3.8) is 0 Å². The van der Waals surface area contributed by atoms with Gasteiger partial charge in [-0.1, -0.05) is 11.6 Å². The molecule has 0 saturated heterocycles. The maximum Gasteiger partial charge on any atom is 0.338 e. The van der Waals surface area contributed by atoms with Crippen molar-refractivity contribution in [2.75, 3.05) is 0 Å². The van der Waals surface area contributed by atoms with Gasteiger partial charge in [-0.15, -0.1) is 0 Å². The zero-order chi connectivity index (χ0) is 11.2. The van der Waals surface area contributed by atoms with Crippen LogP contribution in [0.1, 0.15) is 10.4 Å². The molecular weight excluding hydrogens is 218 g/mol. The SMILES string of the molecule is Cn1cc(C(=O)O)c2c(O)ccc(Cl)c21. The van der Waals surface area contributed by atoms with E-state index in [9.17, 15) is 9.90 Å². The van der Waals surface area contributed by atoms with E-state index < -0.39 is 5.97 Å².